The van der Waals surface area contributed by atoms with Gasteiger partial charge in [0, 0.05) is 13.1 Å². The van der Waals surface area contributed by atoms with Gasteiger partial charge in [-0.15, -0.1) is 0 Å². The van der Waals surface area contributed by atoms with Crippen molar-refractivity contribution in [3.05, 3.63) is 0 Å². The second-order valence-corrected chi connectivity index (χ2v) is 2.85. The van der Waals surface area contributed by atoms with Gasteiger partial charge in [0.25, 0.3) is 0 Å². The fourth-order valence-corrected chi connectivity index (χ4v) is 1.14. The van der Waals surface area contributed by atoms with Gasteiger partial charge in [0.1, 0.15) is 0 Å². The Bertz CT molecular complexity index is 148. The van der Waals surface area contributed by atoms with Gasteiger partial charge in [0.15, 0.2) is 6.10 Å². The zero-order valence-electron chi connectivity index (χ0n) is 6.82. The van der Waals surface area contributed by atoms with Crippen LogP contribution in [0.2, 0.25) is 0 Å². The molecule has 1 saturated heterocycles. The van der Waals surface area contributed by atoms with E-state index in [-0.39, 0.29) is 12.6 Å². The predicted octanol–water partition coefficient (Wildman–Crippen LogP) is 1.32. The van der Waals surface area contributed by atoms with Crippen LogP contribution in [-0.2, 0) is 4.74 Å². The van der Waals surface area contributed by atoms with Crippen LogP contribution in [0.4, 0.5) is 13.2 Å². The Morgan fingerprint density at radius 1 is 1.42 bits per heavy atom. The van der Waals surface area contributed by atoms with E-state index < -0.39 is 12.3 Å². The SMILES string of the molecule is CC[C@@H]1CNC[C@H](C(F)(F)F)O1. The first-order valence-electron chi connectivity index (χ1n) is 3.97. The third-order valence-electron chi connectivity index (χ3n) is 1.88. The molecule has 0 aliphatic carbocycles. The molecule has 1 aliphatic rings. The summed E-state index contributed by atoms with van der Waals surface area (Å²) in [4.78, 5) is 0. The first kappa shape index (κ1) is 9.80. The van der Waals surface area contributed by atoms with E-state index in [0.717, 1.165) is 0 Å². The molecule has 1 fully saturated rings. The van der Waals surface area contributed by atoms with Gasteiger partial charge in [-0.3, -0.25) is 0 Å². The van der Waals surface area contributed by atoms with Crippen LogP contribution in [0, 0.1) is 0 Å². The van der Waals surface area contributed by atoms with Crippen LogP contribution in [0.25, 0.3) is 0 Å². The average molecular weight is 183 g/mol. The van der Waals surface area contributed by atoms with Crippen molar-refractivity contribution < 1.29 is 17.9 Å². The van der Waals surface area contributed by atoms with E-state index in [4.69, 9.17) is 4.74 Å². The maximum absolute atomic E-state index is 12.1. The first-order chi connectivity index (χ1) is 5.54. The van der Waals surface area contributed by atoms with Crippen LogP contribution >= 0.6 is 0 Å². The van der Waals surface area contributed by atoms with Crippen LogP contribution in [-0.4, -0.2) is 31.5 Å². The third-order valence-corrected chi connectivity index (χ3v) is 1.88. The van der Waals surface area contributed by atoms with Gasteiger partial charge in [-0.1, -0.05) is 6.92 Å². The van der Waals surface area contributed by atoms with E-state index in [1.165, 1.54) is 0 Å². The molecule has 72 valence electrons. The highest BCUT2D eigenvalue weighted by Crippen LogP contribution is 2.25. The van der Waals surface area contributed by atoms with Crippen LogP contribution in [0.15, 0.2) is 0 Å². The van der Waals surface area contributed by atoms with Crippen molar-refractivity contribution >= 4 is 0 Å². The van der Waals surface area contributed by atoms with Gasteiger partial charge in [0.2, 0.25) is 0 Å². The fraction of sp³-hybridized carbons (Fsp3) is 1.00. The Labute approximate surface area is 69.1 Å². The van der Waals surface area contributed by atoms with Crippen LogP contribution < -0.4 is 5.32 Å². The molecule has 0 unspecified atom stereocenters. The molecule has 0 spiro atoms. The molecule has 12 heavy (non-hydrogen) atoms. The van der Waals surface area contributed by atoms with Crippen molar-refractivity contribution in [3.8, 4) is 0 Å². The Balaban J connectivity index is 2.46. The molecule has 0 amide bonds. The smallest absolute Gasteiger partial charge is 0.363 e. The minimum atomic E-state index is -4.24. The van der Waals surface area contributed by atoms with Crippen molar-refractivity contribution in [2.24, 2.45) is 0 Å². The predicted molar refractivity (Wildman–Crippen MR) is 37.9 cm³/mol. The lowest BCUT2D eigenvalue weighted by molar-refractivity contribution is -0.239. The molecule has 2 atom stereocenters. The van der Waals surface area contributed by atoms with Gasteiger partial charge >= 0.3 is 6.18 Å². The number of rotatable bonds is 1. The number of hydrogen-bond acceptors (Lipinski definition) is 2. The molecular weight excluding hydrogens is 171 g/mol. The minimum absolute atomic E-state index is 0.125. The molecule has 1 heterocycles. The van der Waals surface area contributed by atoms with Gasteiger partial charge in [-0.25, -0.2) is 0 Å². The first-order valence-corrected chi connectivity index (χ1v) is 3.97. The topological polar surface area (TPSA) is 21.3 Å². The zero-order valence-corrected chi connectivity index (χ0v) is 6.82. The van der Waals surface area contributed by atoms with Crippen molar-refractivity contribution in [2.45, 2.75) is 31.7 Å². The lowest BCUT2D eigenvalue weighted by Gasteiger charge is -2.31. The van der Waals surface area contributed by atoms with E-state index in [1.807, 2.05) is 6.92 Å². The largest absolute Gasteiger partial charge is 0.415 e. The molecule has 1 rings (SSSR count). The molecule has 0 aromatic carbocycles. The molecule has 0 saturated carbocycles. The summed E-state index contributed by atoms with van der Waals surface area (Å²) >= 11 is 0. The second-order valence-electron chi connectivity index (χ2n) is 2.85. The minimum Gasteiger partial charge on any atom is -0.363 e. The number of alkyl halides is 3. The molecule has 0 aromatic heterocycles. The molecule has 5 heteroatoms. The highest BCUT2D eigenvalue weighted by Gasteiger charge is 2.43. The van der Waals surface area contributed by atoms with E-state index in [2.05, 4.69) is 5.32 Å². The van der Waals surface area contributed by atoms with Crippen molar-refractivity contribution in [1.82, 2.24) is 5.32 Å². The summed E-state index contributed by atoms with van der Waals surface area (Å²) in [7, 11) is 0. The molecule has 0 radical (unpaired) electrons. The zero-order chi connectivity index (χ0) is 9.19. The lowest BCUT2D eigenvalue weighted by Crippen LogP contribution is -2.50. The summed E-state index contributed by atoms with van der Waals surface area (Å²) in [5, 5.41) is 2.70. The quantitative estimate of drug-likeness (QED) is 0.661. The second kappa shape index (κ2) is 3.62. The van der Waals surface area contributed by atoms with Crippen LogP contribution in [0.1, 0.15) is 13.3 Å². The summed E-state index contributed by atoms with van der Waals surface area (Å²) < 4.78 is 41.1. The number of ether oxygens (including phenoxy) is 1. The van der Waals surface area contributed by atoms with Crippen LogP contribution in [0.5, 0.6) is 0 Å². The number of halogens is 3. The fourth-order valence-electron chi connectivity index (χ4n) is 1.14. The Morgan fingerprint density at radius 3 is 2.58 bits per heavy atom. The third kappa shape index (κ3) is 2.35. The summed E-state index contributed by atoms with van der Waals surface area (Å²) in [6, 6.07) is 0. The van der Waals surface area contributed by atoms with Crippen molar-refractivity contribution in [1.29, 1.82) is 0 Å². The number of nitrogens with one attached hydrogen (secondary N) is 1. The molecular formula is C7H12F3NO. The Kier molecular flexibility index (Phi) is 2.95. The molecule has 0 bridgehead atoms. The maximum atomic E-state index is 12.1. The summed E-state index contributed by atoms with van der Waals surface area (Å²) in [6.07, 6.45) is -5.55. The Morgan fingerprint density at radius 2 is 2.08 bits per heavy atom. The van der Waals surface area contributed by atoms with Crippen LogP contribution in [0.3, 0.4) is 0 Å². The summed E-state index contributed by atoms with van der Waals surface area (Å²) in [5.74, 6) is 0. The molecule has 0 aromatic rings. The van der Waals surface area contributed by atoms with Gasteiger partial charge in [-0.2, -0.15) is 13.2 Å². The van der Waals surface area contributed by atoms with Gasteiger partial charge in [-0.05, 0) is 6.42 Å². The Hall–Kier alpha value is -0.290. The summed E-state index contributed by atoms with van der Waals surface area (Å²) in [6.45, 7) is 2.20. The molecule has 2 nitrogen and oxygen atoms in total. The van der Waals surface area contributed by atoms with Crippen molar-refractivity contribution in [2.75, 3.05) is 13.1 Å². The van der Waals surface area contributed by atoms with Gasteiger partial charge in [0.05, 0.1) is 6.10 Å². The van der Waals surface area contributed by atoms with E-state index in [0.29, 0.717) is 13.0 Å². The summed E-state index contributed by atoms with van der Waals surface area (Å²) in [5.41, 5.74) is 0. The van der Waals surface area contributed by atoms with Gasteiger partial charge < -0.3 is 10.1 Å². The standard InChI is InChI=1S/C7H12F3NO/c1-2-5-3-11-4-6(12-5)7(8,9)10/h5-6,11H,2-4H2,1H3/t5-,6-/m1/s1. The van der Waals surface area contributed by atoms with E-state index in [1.54, 1.807) is 0 Å². The van der Waals surface area contributed by atoms with Crippen molar-refractivity contribution in [3.63, 3.8) is 0 Å². The lowest BCUT2D eigenvalue weighted by atomic mass is 10.2. The molecule has 1 aliphatic heterocycles. The monoisotopic (exact) mass is 183 g/mol. The number of morpholine rings is 1. The average Bonchev–Trinajstić information content (AvgIpc) is 2.03. The van der Waals surface area contributed by atoms with E-state index in [9.17, 15) is 13.2 Å². The maximum Gasteiger partial charge on any atom is 0.415 e. The highest BCUT2D eigenvalue weighted by atomic mass is 19.4. The normalized spacial score (nSPS) is 32.0. The number of hydrogen-bond donors (Lipinski definition) is 1. The highest BCUT2D eigenvalue weighted by molar-refractivity contribution is 4.78. The molecule has 1 N–H and O–H groups in total. The van der Waals surface area contributed by atoms with E-state index >= 15 is 0 Å².